The summed E-state index contributed by atoms with van der Waals surface area (Å²) in [6, 6.07) is 17.8. The van der Waals surface area contributed by atoms with Crippen molar-refractivity contribution >= 4 is 41.2 Å². The molecule has 2 amide bonds. The molecule has 0 saturated heterocycles. The summed E-state index contributed by atoms with van der Waals surface area (Å²) in [6.45, 7) is 0.175. The van der Waals surface area contributed by atoms with Crippen LogP contribution < -0.4 is 16.0 Å². The summed E-state index contributed by atoms with van der Waals surface area (Å²) in [4.78, 5) is 52.1. The first-order valence-electron chi connectivity index (χ1n) is 12.9. The molecule has 2 aromatic carbocycles. The number of anilines is 1. The molecule has 0 fully saturated rings. The van der Waals surface area contributed by atoms with E-state index in [1.54, 1.807) is 54.7 Å². The highest BCUT2D eigenvalue weighted by Crippen LogP contribution is 2.26. The smallest absolute Gasteiger partial charge is 0.386 e. The van der Waals surface area contributed by atoms with E-state index in [-0.39, 0.29) is 12.3 Å². The maximum Gasteiger partial charge on any atom is 0.491 e. The van der Waals surface area contributed by atoms with Gasteiger partial charge in [-0.3, -0.25) is 14.4 Å². The van der Waals surface area contributed by atoms with Gasteiger partial charge in [-0.05, 0) is 53.8 Å². The maximum atomic E-state index is 12.6. The van der Waals surface area contributed by atoms with Crippen molar-refractivity contribution in [1.29, 1.82) is 0 Å². The third-order valence-corrected chi connectivity index (χ3v) is 6.10. The van der Waals surface area contributed by atoms with E-state index in [4.69, 9.17) is 11.6 Å². The number of rotatable bonds is 13. The number of unbranched alkanes of at least 4 members (excludes halogenated alkanes) is 1. The quantitative estimate of drug-likeness (QED) is 0.143. The number of alkyl halides is 3. The van der Waals surface area contributed by atoms with Crippen molar-refractivity contribution in [2.75, 3.05) is 18.4 Å². The molecule has 13 heteroatoms. The molecule has 0 radical (unpaired) electrons. The first-order chi connectivity index (χ1) is 20.0. The van der Waals surface area contributed by atoms with E-state index in [0.717, 1.165) is 16.9 Å². The van der Waals surface area contributed by atoms with E-state index in [1.165, 1.54) is 0 Å². The van der Waals surface area contributed by atoms with Crippen molar-refractivity contribution in [3.63, 3.8) is 0 Å². The average Bonchev–Trinajstić information content (AvgIpc) is 2.95. The van der Waals surface area contributed by atoms with Crippen LogP contribution in [0.25, 0.3) is 11.1 Å². The molecule has 1 aromatic heterocycles. The lowest BCUT2D eigenvalue weighted by atomic mass is 9.99. The Balaban J connectivity index is 1.55. The van der Waals surface area contributed by atoms with Gasteiger partial charge in [0.05, 0.1) is 19.0 Å². The topological polar surface area (TPSA) is 126 Å². The number of aromatic nitrogens is 1. The molecule has 1 atom stereocenters. The first kappa shape index (κ1) is 32.1. The number of nitrogens with zero attached hydrogens (tertiary/aromatic N) is 1. The number of hydrogen-bond acceptors (Lipinski definition) is 7. The van der Waals surface area contributed by atoms with Crippen molar-refractivity contribution in [2.24, 2.45) is 0 Å². The third kappa shape index (κ3) is 10.8. The van der Waals surface area contributed by atoms with Crippen LogP contribution >= 0.6 is 11.6 Å². The van der Waals surface area contributed by atoms with Gasteiger partial charge < -0.3 is 20.7 Å². The highest BCUT2D eigenvalue weighted by molar-refractivity contribution is 6.30. The zero-order valence-corrected chi connectivity index (χ0v) is 23.0. The van der Waals surface area contributed by atoms with Gasteiger partial charge in [0.2, 0.25) is 11.8 Å². The van der Waals surface area contributed by atoms with Crippen molar-refractivity contribution in [2.45, 2.75) is 37.9 Å². The fraction of sp³-hybridized carbons (Fsp3) is 0.276. The molecule has 0 aliphatic heterocycles. The molecule has 0 bridgehead atoms. The van der Waals surface area contributed by atoms with Crippen LogP contribution in [-0.4, -0.2) is 48.0 Å². The molecule has 0 spiro atoms. The van der Waals surface area contributed by atoms with Gasteiger partial charge in [-0.15, -0.1) is 0 Å². The Kier molecular flexibility index (Phi) is 11.9. The number of ether oxygens (including phenoxy) is 1. The minimum atomic E-state index is -5.36. The summed E-state index contributed by atoms with van der Waals surface area (Å²) < 4.78 is 41.5. The summed E-state index contributed by atoms with van der Waals surface area (Å²) >= 11 is 6.04. The van der Waals surface area contributed by atoms with Gasteiger partial charge >= 0.3 is 18.1 Å². The molecule has 1 unspecified atom stereocenters. The Bertz CT molecular complexity index is 1370. The molecule has 0 saturated carbocycles. The molecular formula is C29H28ClF3N4O5. The standard InChI is InChI=1S/C29H28ClF3N4O5/c30-22-7-5-6-21(16-22)19-10-12-20(13-11-19)23(17-27(40)42-28(41)29(31,32)33)37-26(39)18-36-25(38)9-2-4-15-35-24-8-1-3-14-34-24/h1,3,5-8,10-14,16,23H,2,4,9,15,17-18H2,(H,34,35)(H,36,38)(H,37,39). The highest BCUT2D eigenvalue weighted by atomic mass is 35.5. The number of esters is 2. The van der Waals surface area contributed by atoms with Gasteiger partial charge in [-0.25, -0.2) is 9.78 Å². The van der Waals surface area contributed by atoms with E-state index in [2.05, 4.69) is 25.7 Å². The van der Waals surface area contributed by atoms with Crippen molar-refractivity contribution < 1.29 is 37.1 Å². The van der Waals surface area contributed by atoms with Crippen LogP contribution in [0.3, 0.4) is 0 Å². The third-order valence-electron chi connectivity index (χ3n) is 5.86. The lowest BCUT2D eigenvalue weighted by Crippen LogP contribution is -2.39. The van der Waals surface area contributed by atoms with Crippen LogP contribution in [0.2, 0.25) is 5.02 Å². The predicted molar refractivity (Wildman–Crippen MR) is 149 cm³/mol. The number of benzene rings is 2. The van der Waals surface area contributed by atoms with Crippen molar-refractivity contribution in [3.05, 3.63) is 83.5 Å². The molecule has 1 heterocycles. The Morgan fingerprint density at radius 2 is 1.67 bits per heavy atom. The predicted octanol–water partition coefficient (Wildman–Crippen LogP) is 4.98. The van der Waals surface area contributed by atoms with Gasteiger partial charge in [0, 0.05) is 24.2 Å². The zero-order valence-electron chi connectivity index (χ0n) is 22.2. The van der Waals surface area contributed by atoms with Crippen LogP contribution in [-0.2, 0) is 23.9 Å². The van der Waals surface area contributed by atoms with E-state index >= 15 is 0 Å². The van der Waals surface area contributed by atoms with Gasteiger partial charge in [0.25, 0.3) is 0 Å². The fourth-order valence-electron chi connectivity index (χ4n) is 3.80. The zero-order chi connectivity index (χ0) is 30.5. The van der Waals surface area contributed by atoms with Gasteiger partial charge in [0.15, 0.2) is 0 Å². The van der Waals surface area contributed by atoms with Crippen molar-refractivity contribution in [1.82, 2.24) is 15.6 Å². The van der Waals surface area contributed by atoms with Crippen LogP contribution in [0.5, 0.6) is 0 Å². The van der Waals surface area contributed by atoms with E-state index < -0.39 is 43.0 Å². The molecule has 222 valence electrons. The number of halogens is 4. The molecule has 3 rings (SSSR count). The average molecular weight is 605 g/mol. The molecule has 3 aromatic rings. The molecule has 3 N–H and O–H groups in total. The lowest BCUT2D eigenvalue weighted by Gasteiger charge is -2.19. The van der Waals surface area contributed by atoms with E-state index in [1.807, 2.05) is 18.2 Å². The number of pyridine rings is 1. The molecule has 42 heavy (non-hydrogen) atoms. The number of nitrogens with one attached hydrogen (secondary N) is 3. The number of amides is 2. The van der Waals surface area contributed by atoms with Crippen LogP contribution in [0, 0.1) is 0 Å². The summed E-state index contributed by atoms with van der Waals surface area (Å²) in [6.07, 6.45) is -3.06. The maximum absolute atomic E-state index is 12.6. The SMILES string of the molecule is O=C(CCCCNc1ccccn1)NCC(=O)NC(CC(=O)OC(=O)C(F)(F)F)c1ccc(-c2cccc(Cl)c2)cc1. The second-order valence-corrected chi connectivity index (χ2v) is 9.53. The Hall–Kier alpha value is -4.45. The van der Waals surface area contributed by atoms with Gasteiger partial charge in [-0.1, -0.05) is 54.1 Å². The van der Waals surface area contributed by atoms with Gasteiger partial charge in [0.1, 0.15) is 5.82 Å². The summed E-state index contributed by atoms with van der Waals surface area (Å²) in [5.74, 6) is -4.49. The minimum Gasteiger partial charge on any atom is -0.386 e. The molecule has 9 nitrogen and oxygen atoms in total. The van der Waals surface area contributed by atoms with E-state index in [0.29, 0.717) is 30.0 Å². The number of hydrogen-bond donors (Lipinski definition) is 3. The summed E-state index contributed by atoms with van der Waals surface area (Å²) in [5, 5.41) is 8.62. The molecular weight excluding hydrogens is 577 g/mol. The molecule has 0 aliphatic carbocycles. The van der Waals surface area contributed by atoms with Crippen molar-refractivity contribution in [3.8, 4) is 11.1 Å². The van der Waals surface area contributed by atoms with Crippen LogP contribution in [0.4, 0.5) is 19.0 Å². The molecule has 0 aliphatic rings. The Labute approximate surface area is 244 Å². The first-order valence-corrected chi connectivity index (χ1v) is 13.3. The number of carbonyl (C=O) groups excluding carboxylic acids is 4. The van der Waals surface area contributed by atoms with Crippen LogP contribution in [0.15, 0.2) is 72.9 Å². The summed E-state index contributed by atoms with van der Waals surface area (Å²) in [7, 11) is 0. The highest BCUT2D eigenvalue weighted by Gasteiger charge is 2.42. The summed E-state index contributed by atoms with van der Waals surface area (Å²) in [5.41, 5.74) is 1.90. The second-order valence-electron chi connectivity index (χ2n) is 9.09. The second kappa shape index (κ2) is 15.5. The number of carbonyl (C=O) groups is 4. The monoisotopic (exact) mass is 604 g/mol. The van der Waals surface area contributed by atoms with Crippen LogP contribution in [0.1, 0.15) is 37.3 Å². The fourth-order valence-corrected chi connectivity index (χ4v) is 3.99. The van der Waals surface area contributed by atoms with Gasteiger partial charge in [-0.2, -0.15) is 13.2 Å². The minimum absolute atomic E-state index is 0.164. The lowest BCUT2D eigenvalue weighted by molar-refractivity contribution is -0.202. The van der Waals surface area contributed by atoms with E-state index in [9.17, 15) is 32.3 Å². The largest absolute Gasteiger partial charge is 0.491 e. The normalized spacial score (nSPS) is 11.7. The Morgan fingerprint density at radius 1 is 0.905 bits per heavy atom. The Morgan fingerprint density at radius 3 is 2.33 bits per heavy atom.